The maximum atomic E-state index is 5.36. The van der Waals surface area contributed by atoms with Crippen LogP contribution in [0, 0.1) is 0 Å². The first-order valence-corrected chi connectivity index (χ1v) is 10.1. The van der Waals surface area contributed by atoms with E-state index < -0.39 is 0 Å². The monoisotopic (exact) mass is 396 g/mol. The van der Waals surface area contributed by atoms with Crippen LogP contribution in [0.1, 0.15) is 28.9 Å². The van der Waals surface area contributed by atoms with Crippen molar-refractivity contribution in [1.29, 1.82) is 0 Å². The lowest BCUT2D eigenvalue weighted by Gasteiger charge is -2.36. The van der Waals surface area contributed by atoms with Crippen molar-refractivity contribution < 1.29 is 9.47 Å². The Labute approximate surface area is 176 Å². The largest absolute Gasteiger partial charge is 0.497 e. The molecule has 1 heterocycles. The van der Waals surface area contributed by atoms with Crippen LogP contribution in [-0.2, 0) is 0 Å². The van der Waals surface area contributed by atoms with Gasteiger partial charge in [0, 0.05) is 11.3 Å². The molecular weight excluding hydrogens is 372 g/mol. The molecule has 1 aliphatic rings. The Morgan fingerprint density at radius 1 is 0.667 bits per heavy atom. The van der Waals surface area contributed by atoms with Crippen molar-refractivity contribution in [2.24, 2.45) is 0 Å². The van der Waals surface area contributed by atoms with Crippen LogP contribution in [0.5, 0.6) is 11.5 Å². The Kier molecular flexibility index (Phi) is 4.77. The van der Waals surface area contributed by atoms with Gasteiger partial charge in [0.1, 0.15) is 17.7 Å². The maximum absolute atomic E-state index is 5.36. The molecule has 0 aromatic heterocycles. The quantitative estimate of drug-likeness (QED) is 0.467. The molecular formula is C26H24N2O2. The molecule has 4 nitrogen and oxygen atoms in total. The first-order chi connectivity index (χ1) is 14.8. The molecule has 0 bridgehead atoms. The van der Waals surface area contributed by atoms with Gasteiger partial charge in [0.25, 0.3) is 0 Å². The molecule has 4 aromatic rings. The lowest BCUT2D eigenvalue weighted by atomic mass is 9.89. The standard InChI is InChI=1S/C26H24N2O2/c1-29-20-12-7-18(8-13-20)25-24-22-6-4-3-5-17(22)11-16-23(24)27-26(28-25)19-9-14-21(30-2)15-10-19/h3-16,25-28H,1-2H3. The molecule has 0 spiro atoms. The van der Waals surface area contributed by atoms with E-state index >= 15 is 0 Å². The highest BCUT2D eigenvalue weighted by Crippen LogP contribution is 2.41. The van der Waals surface area contributed by atoms with E-state index in [9.17, 15) is 0 Å². The highest BCUT2D eigenvalue weighted by Gasteiger charge is 2.29. The third-order valence-electron chi connectivity index (χ3n) is 5.79. The van der Waals surface area contributed by atoms with Crippen molar-refractivity contribution in [1.82, 2.24) is 5.32 Å². The summed E-state index contributed by atoms with van der Waals surface area (Å²) in [6.07, 6.45) is -0.0170. The highest BCUT2D eigenvalue weighted by molar-refractivity contribution is 5.91. The van der Waals surface area contributed by atoms with E-state index in [1.165, 1.54) is 21.9 Å². The van der Waals surface area contributed by atoms with Crippen LogP contribution in [0.3, 0.4) is 0 Å². The van der Waals surface area contributed by atoms with Crippen molar-refractivity contribution in [2.75, 3.05) is 19.5 Å². The summed E-state index contributed by atoms with van der Waals surface area (Å²) in [4.78, 5) is 0. The van der Waals surface area contributed by atoms with Crippen LogP contribution >= 0.6 is 0 Å². The second-order valence-electron chi connectivity index (χ2n) is 7.47. The van der Waals surface area contributed by atoms with Crippen molar-refractivity contribution in [3.8, 4) is 11.5 Å². The molecule has 2 N–H and O–H groups in total. The topological polar surface area (TPSA) is 42.5 Å². The number of hydrogen-bond donors (Lipinski definition) is 2. The van der Waals surface area contributed by atoms with Crippen LogP contribution in [0.15, 0.2) is 84.9 Å². The van der Waals surface area contributed by atoms with Crippen LogP contribution in [-0.4, -0.2) is 14.2 Å². The lowest BCUT2D eigenvalue weighted by Crippen LogP contribution is -2.37. The number of benzene rings is 4. The van der Waals surface area contributed by atoms with Crippen molar-refractivity contribution in [3.63, 3.8) is 0 Å². The predicted octanol–water partition coefficient (Wildman–Crippen LogP) is 5.66. The molecule has 2 unspecified atom stereocenters. The molecule has 0 saturated carbocycles. The highest BCUT2D eigenvalue weighted by atomic mass is 16.5. The molecule has 4 heteroatoms. The molecule has 30 heavy (non-hydrogen) atoms. The third kappa shape index (κ3) is 3.25. The Morgan fingerprint density at radius 2 is 1.30 bits per heavy atom. The molecule has 1 aliphatic heterocycles. The number of fused-ring (bicyclic) bond motifs is 3. The normalized spacial score (nSPS) is 17.8. The van der Waals surface area contributed by atoms with E-state index in [1.807, 2.05) is 24.3 Å². The molecule has 5 rings (SSSR count). The van der Waals surface area contributed by atoms with E-state index in [0.29, 0.717) is 0 Å². The van der Waals surface area contributed by atoms with Gasteiger partial charge in [-0.05, 0) is 52.2 Å². The molecule has 0 saturated heterocycles. The van der Waals surface area contributed by atoms with E-state index in [4.69, 9.17) is 9.47 Å². The summed E-state index contributed by atoms with van der Waals surface area (Å²) in [5.41, 5.74) is 4.78. The van der Waals surface area contributed by atoms with Crippen molar-refractivity contribution >= 4 is 16.5 Å². The summed E-state index contributed by atoms with van der Waals surface area (Å²) < 4.78 is 10.7. The summed E-state index contributed by atoms with van der Waals surface area (Å²) in [5, 5.41) is 10.00. The molecule has 4 aromatic carbocycles. The van der Waals surface area contributed by atoms with Gasteiger partial charge in [0.05, 0.1) is 20.3 Å². The second kappa shape index (κ2) is 7.73. The maximum Gasteiger partial charge on any atom is 0.118 e. The number of rotatable bonds is 4. The fourth-order valence-corrected chi connectivity index (χ4v) is 4.21. The first kappa shape index (κ1) is 18.5. The van der Waals surface area contributed by atoms with Gasteiger partial charge in [0.2, 0.25) is 0 Å². The molecule has 150 valence electrons. The summed E-state index contributed by atoms with van der Waals surface area (Å²) in [6.45, 7) is 0. The SMILES string of the molecule is COc1ccc(C2Nc3ccc4ccccc4c3C(c3ccc(OC)cc3)N2)cc1. The Balaban J connectivity index is 1.63. The number of ether oxygens (including phenoxy) is 2. The molecule has 0 fully saturated rings. The van der Waals surface area contributed by atoms with Gasteiger partial charge in [0.15, 0.2) is 0 Å². The third-order valence-corrected chi connectivity index (χ3v) is 5.79. The first-order valence-electron chi connectivity index (χ1n) is 10.1. The minimum atomic E-state index is -0.0170. The zero-order valence-electron chi connectivity index (χ0n) is 17.1. The van der Waals surface area contributed by atoms with E-state index in [1.54, 1.807) is 14.2 Å². The molecule has 2 atom stereocenters. The zero-order valence-corrected chi connectivity index (χ0v) is 17.1. The van der Waals surface area contributed by atoms with E-state index in [2.05, 4.69) is 71.3 Å². The van der Waals surface area contributed by atoms with Crippen molar-refractivity contribution in [2.45, 2.75) is 12.2 Å². The van der Waals surface area contributed by atoms with Gasteiger partial charge < -0.3 is 14.8 Å². The molecule has 0 aliphatic carbocycles. The Morgan fingerprint density at radius 3 is 1.97 bits per heavy atom. The van der Waals surface area contributed by atoms with Crippen molar-refractivity contribution in [3.05, 3.63) is 102 Å². The number of hydrogen-bond acceptors (Lipinski definition) is 4. The lowest BCUT2D eigenvalue weighted by molar-refractivity contribution is 0.414. The Bertz CT molecular complexity index is 1170. The van der Waals surface area contributed by atoms with Gasteiger partial charge in [-0.15, -0.1) is 0 Å². The molecule has 0 radical (unpaired) electrons. The fraction of sp³-hybridized carbons (Fsp3) is 0.154. The number of anilines is 1. The summed E-state index contributed by atoms with van der Waals surface area (Å²) >= 11 is 0. The smallest absolute Gasteiger partial charge is 0.118 e. The van der Waals surface area contributed by atoms with Gasteiger partial charge in [-0.3, -0.25) is 5.32 Å². The average Bonchev–Trinajstić information content (AvgIpc) is 2.83. The zero-order chi connectivity index (χ0) is 20.5. The van der Waals surface area contributed by atoms with Gasteiger partial charge in [-0.2, -0.15) is 0 Å². The van der Waals surface area contributed by atoms with Gasteiger partial charge in [-0.1, -0.05) is 54.6 Å². The summed E-state index contributed by atoms with van der Waals surface area (Å²) in [6, 6.07) is 29.5. The predicted molar refractivity (Wildman–Crippen MR) is 121 cm³/mol. The van der Waals surface area contributed by atoms with Crippen LogP contribution in [0.2, 0.25) is 0 Å². The minimum absolute atomic E-state index is 0.0170. The number of methoxy groups -OCH3 is 2. The van der Waals surface area contributed by atoms with Gasteiger partial charge >= 0.3 is 0 Å². The van der Waals surface area contributed by atoms with E-state index in [-0.39, 0.29) is 12.2 Å². The Hall–Kier alpha value is -3.50. The summed E-state index contributed by atoms with van der Waals surface area (Å²) in [7, 11) is 3.38. The van der Waals surface area contributed by atoms with Crippen LogP contribution in [0.4, 0.5) is 5.69 Å². The second-order valence-corrected chi connectivity index (χ2v) is 7.47. The van der Waals surface area contributed by atoms with Crippen LogP contribution in [0.25, 0.3) is 10.8 Å². The average molecular weight is 396 g/mol. The van der Waals surface area contributed by atoms with E-state index in [0.717, 1.165) is 22.7 Å². The van der Waals surface area contributed by atoms with Gasteiger partial charge in [-0.25, -0.2) is 0 Å². The van der Waals surface area contributed by atoms with Crippen LogP contribution < -0.4 is 20.1 Å². The summed E-state index contributed by atoms with van der Waals surface area (Å²) in [5.74, 6) is 1.71. The fourth-order valence-electron chi connectivity index (χ4n) is 4.21. The number of nitrogens with one attached hydrogen (secondary N) is 2. The molecule has 0 amide bonds. The minimum Gasteiger partial charge on any atom is -0.497 e.